The van der Waals surface area contributed by atoms with Crippen molar-refractivity contribution < 1.29 is 23.9 Å². The summed E-state index contributed by atoms with van der Waals surface area (Å²) in [5.41, 5.74) is 1.19. The molecule has 144 valence electrons. The van der Waals surface area contributed by atoms with E-state index in [9.17, 15) is 14.4 Å². The Morgan fingerprint density at radius 1 is 1.12 bits per heavy atom. The van der Waals surface area contributed by atoms with Crippen LogP contribution in [-0.4, -0.2) is 56.0 Å². The third-order valence-corrected chi connectivity index (χ3v) is 3.65. The molecule has 0 aliphatic rings. The highest BCUT2D eigenvalue weighted by atomic mass is 16.6. The van der Waals surface area contributed by atoms with Crippen LogP contribution >= 0.6 is 0 Å². The molecule has 1 aromatic carbocycles. The van der Waals surface area contributed by atoms with Gasteiger partial charge in [0.1, 0.15) is 5.75 Å². The van der Waals surface area contributed by atoms with E-state index in [0.717, 1.165) is 5.56 Å². The second-order valence-electron chi connectivity index (χ2n) is 7.21. The number of amides is 2. The van der Waals surface area contributed by atoms with E-state index in [4.69, 9.17) is 9.47 Å². The van der Waals surface area contributed by atoms with Crippen LogP contribution in [0.1, 0.15) is 33.3 Å². The van der Waals surface area contributed by atoms with Gasteiger partial charge in [0, 0.05) is 14.1 Å². The van der Waals surface area contributed by atoms with Crippen molar-refractivity contribution in [3.8, 4) is 5.75 Å². The normalized spacial score (nSPS) is 12.1. The first-order valence-electron chi connectivity index (χ1n) is 8.41. The van der Waals surface area contributed by atoms with Gasteiger partial charge in [-0.3, -0.25) is 9.59 Å². The van der Waals surface area contributed by atoms with Crippen LogP contribution in [0.25, 0.3) is 0 Å². The molecule has 0 spiro atoms. The SMILES string of the molecule is C[C@@H](Oc1ccc(C(C)(C)C)cc1)C(=O)OCC(=O)NCC(=O)N(C)C. The number of carbonyl (C=O) groups excluding carboxylic acids is 3. The topological polar surface area (TPSA) is 84.9 Å². The molecule has 0 aromatic heterocycles. The largest absolute Gasteiger partial charge is 0.479 e. The Kier molecular flexibility index (Phi) is 7.61. The summed E-state index contributed by atoms with van der Waals surface area (Å²) in [6.45, 7) is 7.28. The molecule has 1 atom stereocenters. The van der Waals surface area contributed by atoms with Gasteiger partial charge in [0.15, 0.2) is 12.7 Å². The Balaban J connectivity index is 2.43. The van der Waals surface area contributed by atoms with E-state index in [1.165, 1.54) is 4.90 Å². The van der Waals surface area contributed by atoms with Gasteiger partial charge in [0.05, 0.1) is 6.54 Å². The molecule has 1 aromatic rings. The van der Waals surface area contributed by atoms with Crippen LogP contribution in [-0.2, 0) is 24.5 Å². The molecule has 0 saturated carbocycles. The predicted octanol–water partition coefficient (Wildman–Crippen LogP) is 1.50. The van der Waals surface area contributed by atoms with Gasteiger partial charge in [0.25, 0.3) is 5.91 Å². The van der Waals surface area contributed by atoms with Gasteiger partial charge in [-0.1, -0.05) is 32.9 Å². The first-order valence-corrected chi connectivity index (χ1v) is 8.41. The predicted molar refractivity (Wildman–Crippen MR) is 97.9 cm³/mol. The van der Waals surface area contributed by atoms with Gasteiger partial charge in [-0.25, -0.2) is 4.79 Å². The van der Waals surface area contributed by atoms with Crippen LogP contribution in [0.5, 0.6) is 5.75 Å². The van der Waals surface area contributed by atoms with Crippen LogP contribution in [0, 0.1) is 0 Å². The Morgan fingerprint density at radius 3 is 2.19 bits per heavy atom. The van der Waals surface area contributed by atoms with E-state index in [-0.39, 0.29) is 17.9 Å². The van der Waals surface area contributed by atoms with Gasteiger partial charge in [0.2, 0.25) is 5.91 Å². The summed E-state index contributed by atoms with van der Waals surface area (Å²) in [5, 5.41) is 2.38. The van der Waals surface area contributed by atoms with Crippen molar-refractivity contribution in [2.75, 3.05) is 27.2 Å². The van der Waals surface area contributed by atoms with E-state index in [1.54, 1.807) is 33.2 Å². The van der Waals surface area contributed by atoms with E-state index < -0.39 is 24.6 Å². The average molecular weight is 364 g/mol. The molecule has 0 aliphatic heterocycles. The number of nitrogens with zero attached hydrogens (tertiary/aromatic N) is 1. The van der Waals surface area contributed by atoms with Gasteiger partial charge in [-0.2, -0.15) is 0 Å². The summed E-state index contributed by atoms with van der Waals surface area (Å²) in [6, 6.07) is 7.49. The summed E-state index contributed by atoms with van der Waals surface area (Å²) in [5.74, 6) is -0.905. The molecule has 0 radical (unpaired) electrons. The number of nitrogens with one attached hydrogen (secondary N) is 1. The number of rotatable bonds is 7. The van der Waals surface area contributed by atoms with Crippen molar-refractivity contribution in [2.45, 2.75) is 39.2 Å². The number of carbonyl (C=O) groups is 3. The minimum absolute atomic E-state index is 0.0321. The Hall–Kier alpha value is -2.57. The van der Waals surface area contributed by atoms with E-state index in [2.05, 4.69) is 26.1 Å². The molecule has 0 aliphatic carbocycles. The fourth-order valence-electron chi connectivity index (χ4n) is 1.92. The second kappa shape index (κ2) is 9.22. The zero-order valence-corrected chi connectivity index (χ0v) is 16.3. The molecule has 0 saturated heterocycles. The molecule has 1 N–H and O–H groups in total. The third-order valence-electron chi connectivity index (χ3n) is 3.65. The van der Waals surface area contributed by atoms with Crippen molar-refractivity contribution in [3.63, 3.8) is 0 Å². The second-order valence-corrected chi connectivity index (χ2v) is 7.21. The molecule has 0 heterocycles. The fraction of sp³-hybridized carbons (Fsp3) is 0.526. The number of esters is 1. The number of ether oxygens (including phenoxy) is 2. The van der Waals surface area contributed by atoms with Gasteiger partial charge < -0.3 is 19.7 Å². The van der Waals surface area contributed by atoms with Crippen LogP contribution in [0.3, 0.4) is 0 Å². The standard InChI is InChI=1S/C19H28N2O5/c1-13(26-15-9-7-14(8-10-15)19(2,3)4)18(24)25-12-16(22)20-11-17(23)21(5)6/h7-10,13H,11-12H2,1-6H3,(H,20,22)/t13-/m1/s1. The molecular formula is C19H28N2O5. The van der Waals surface area contributed by atoms with Crippen molar-refractivity contribution in [3.05, 3.63) is 29.8 Å². The van der Waals surface area contributed by atoms with E-state index in [0.29, 0.717) is 5.75 Å². The molecule has 7 nitrogen and oxygen atoms in total. The van der Waals surface area contributed by atoms with Gasteiger partial charge >= 0.3 is 5.97 Å². The maximum Gasteiger partial charge on any atom is 0.347 e. The summed E-state index contributed by atoms with van der Waals surface area (Å²) in [4.78, 5) is 36.2. The van der Waals surface area contributed by atoms with Crippen molar-refractivity contribution in [1.29, 1.82) is 0 Å². The zero-order chi connectivity index (χ0) is 19.9. The number of hydrogen-bond donors (Lipinski definition) is 1. The quantitative estimate of drug-likeness (QED) is 0.741. The van der Waals surface area contributed by atoms with E-state index in [1.807, 2.05) is 12.1 Å². The van der Waals surface area contributed by atoms with E-state index >= 15 is 0 Å². The van der Waals surface area contributed by atoms with Crippen LogP contribution in [0.2, 0.25) is 0 Å². The Labute approximate surface area is 154 Å². The molecular weight excluding hydrogens is 336 g/mol. The van der Waals surface area contributed by atoms with Crippen LogP contribution in [0.15, 0.2) is 24.3 Å². The monoisotopic (exact) mass is 364 g/mol. The van der Waals surface area contributed by atoms with Gasteiger partial charge in [-0.05, 0) is 30.0 Å². The van der Waals surface area contributed by atoms with Gasteiger partial charge in [-0.15, -0.1) is 0 Å². The number of benzene rings is 1. The van der Waals surface area contributed by atoms with Crippen LogP contribution in [0.4, 0.5) is 0 Å². The lowest BCUT2D eigenvalue weighted by Gasteiger charge is -2.20. The maximum absolute atomic E-state index is 11.9. The lowest BCUT2D eigenvalue weighted by molar-refractivity contribution is -0.154. The first-order chi connectivity index (χ1) is 12.0. The smallest absolute Gasteiger partial charge is 0.347 e. The molecule has 1 rings (SSSR count). The zero-order valence-electron chi connectivity index (χ0n) is 16.3. The molecule has 26 heavy (non-hydrogen) atoms. The summed E-state index contributed by atoms with van der Waals surface area (Å²) < 4.78 is 10.4. The summed E-state index contributed by atoms with van der Waals surface area (Å²) in [6.07, 6.45) is -0.855. The highest BCUT2D eigenvalue weighted by Gasteiger charge is 2.19. The molecule has 7 heteroatoms. The van der Waals surface area contributed by atoms with Crippen molar-refractivity contribution in [2.24, 2.45) is 0 Å². The lowest BCUT2D eigenvalue weighted by Crippen LogP contribution is -2.39. The Morgan fingerprint density at radius 2 is 1.69 bits per heavy atom. The molecule has 0 bridgehead atoms. The first kappa shape index (κ1) is 21.5. The summed E-state index contributed by atoms with van der Waals surface area (Å²) in [7, 11) is 3.17. The minimum atomic E-state index is -0.855. The highest BCUT2D eigenvalue weighted by Crippen LogP contribution is 2.24. The Bertz CT molecular complexity index is 632. The molecule has 0 unspecified atom stereocenters. The van der Waals surface area contributed by atoms with Crippen molar-refractivity contribution in [1.82, 2.24) is 10.2 Å². The number of likely N-dealkylation sites (N-methyl/N-ethyl adjacent to an activating group) is 1. The lowest BCUT2D eigenvalue weighted by atomic mass is 9.87. The average Bonchev–Trinajstić information content (AvgIpc) is 2.56. The third kappa shape index (κ3) is 7.13. The summed E-state index contributed by atoms with van der Waals surface area (Å²) >= 11 is 0. The molecule has 2 amide bonds. The molecule has 0 fully saturated rings. The maximum atomic E-state index is 11.9. The fourth-order valence-corrected chi connectivity index (χ4v) is 1.92. The number of hydrogen-bond acceptors (Lipinski definition) is 5. The van der Waals surface area contributed by atoms with Crippen LogP contribution < -0.4 is 10.1 Å². The highest BCUT2D eigenvalue weighted by molar-refractivity contribution is 5.86. The van der Waals surface area contributed by atoms with Crippen molar-refractivity contribution >= 4 is 17.8 Å². The minimum Gasteiger partial charge on any atom is -0.479 e.